The van der Waals surface area contributed by atoms with Crippen molar-refractivity contribution >= 4 is 5.78 Å². The Morgan fingerprint density at radius 3 is 2.53 bits per heavy atom. The molecular weight excluding hydrogens is 212 g/mol. The van der Waals surface area contributed by atoms with Gasteiger partial charge in [-0.15, -0.1) is 0 Å². The normalized spacial score (nSPS) is 12.4. The van der Waals surface area contributed by atoms with Gasteiger partial charge in [-0.25, -0.2) is 0 Å². The van der Waals surface area contributed by atoms with Crippen LogP contribution in [0.4, 0.5) is 0 Å². The number of rotatable bonds is 4. The molecule has 0 aliphatic heterocycles. The Kier molecular flexibility index (Phi) is 3.38. The molecule has 1 aromatic carbocycles. The highest BCUT2D eigenvalue weighted by Gasteiger charge is 2.10. The van der Waals surface area contributed by atoms with Gasteiger partial charge in [-0.05, 0) is 17.9 Å². The topological polar surface area (TPSA) is 45.8 Å². The van der Waals surface area contributed by atoms with Gasteiger partial charge in [-0.1, -0.05) is 38.1 Å². The molecule has 1 aromatic heterocycles. The predicted octanol–water partition coefficient (Wildman–Crippen LogP) is 3.15. The SMILES string of the molecule is CCC(C)c1ccc(C(=O)c2cn[nH]c2)cc1. The second-order valence-electron chi connectivity index (χ2n) is 4.25. The second-order valence-corrected chi connectivity index (χ2v) is 4.25. The summed E-state index contributed by atoms with van der Waals surface area (Å²) in [7, 11) is 0. The maximum absolute atomic E-state index is 12.0. The van der Waals surface area contributed by atoms with E-state index in [1.807, 2.05) is 24.3 Å². The Bertz CT molecular complexity index is 485. The van der Waals surface area contributed by atoms with E-state index in [1.165, 1.54) is 5.56 Å². The monoisotopic (exact) mass is 228 g/mol. The summed E-state index contributed by atoms with van der Waals surface area (Å²) in [4.78, 5) is 12.0. The zero-order valence-electron chi connectivity index (χ0n) is 10.1. The summed E-state index contributed by atoms with van der Waals surface area (Å²) >= 11 is 0. The van der Waals surface area contributed by atoms with E-state index in [1.54, 1.807) is 12.4 Å². The van der Waals surface area contributed by atoms with E-state index in [9.17, 15) is 4.79 Å². The van der Waals surface area contributed by atoms with Crippen LogP contribution in [0.5, 0.6) is 0 Å². The van der Waals surface area contributed by atoms with Gasteiger partial charge in [0.1, 0.15) is 0 Å². The average Bonchev–Trinajstić information content (AvgIpc) is 2.91. The minimum Gasteiger partial charge on any atom is -0.288 e. The third kappa shape index (κ3) is 2.44. The van der Waals surface area contributed by atoms with Gasteiger partial charge in [0.15, 0.2) is 5.78 Å². The van der Waals surface area contributed by atoms with Crippen molar-refractivity contribution in [3.63, 3.8) is 0 Å². The van der Waals surface area contributed by atoms with Crippen molar-refractivity contribution in [1.82, 2.24) is 10.2 Å². The molecule has 1 N–H and O–H groups in total. The van der Waals surface area contributed by atoms with E-state index in [-0.39, 0.29) is 5.78 Å². The minimum absolute atomic E-state index is 0.00875. The summed E-state index contributed by atoms with van der Waals surface area (Å²) in [6.07, 6.45) is 4.27. The maximum atomic E-state index is 12.0. The molecule has 1 heterocycles. The fourth-order valence-corrected chi connectivity index (χ4v) is 1.74. The number of benzene rings is 1. The summed E-state index contributed by atoms with van der Waals surface area (Å²) in [5.74, 6) is 0.544. The lowest BCUT2D eigenvalue weighted by Crippen LogP contribution is -2.00. The second kappa shape index (κ2) is 4.95. The highest BCUT2D eigenvalue weighted by molar-refractivity contribution is 6.08. The van der Waals surface area contributed by atoms with E-state index in [2.05, 4.69) is 24.0 Å². The van der Waals surface area contributed by atoms with Crippen molar-refractivity contribution in [2.24, 2.45) is 0 Å². The number of aromatic amines is 1. The third-order valence-corrected chi connectivity index (χ3v) is 3.11. The number of nitrogens with zero attached hydrogens (tertiary/aromatic N) is 1. The van der Waals surface area contributed by atoms with Crippen LogP contribution in [0, 0.1) is 0 Å². The van der Waals surface area contributed by atoms with E-state index in [0.29, 0.717) is 17.0 Å². The number of carbonyl (C=O) groups is 1. The van der Waals surface area contributed by atoms with Gasteiger partial charge < -0.3 is 0 Å². The molecule has 0 spiro atoms. The smallest absolute Gasteiger partial charge is 0.196 e. The first-order valence-corrected chi connectivity index (χ1v) is 5.85. The summed E-state index contributed by atoms with van der Waals surface area (Å²) in [6, 6.07) is 7.83. The first-order valence-electron chi connectivity index (χ1n) is 5.85. The Morgan fingerprint density at radius 1 is 1.29 bits per heavy atom. The lowest BCUT2D eigenvalue weighted by molar-refractivity contribution is 0.103. The molecule has 0 bridgehead atoms. The van der Waals surface area contributed by atoms with Gasteiger partial charge in [0.2, 0.25) is 0 Å². The molecule has 1 unspecified atom stereocenters. The van der Waals surface area contributed by atoms with E-state index < -0.39 is 0 Å². The molecule has 0 radical (unpaired) electrons. The van der Waals surface area contributed by atoms with E-state index >= 15 is 0 Å². The number of ketones is 1. The molecule has 88 valence electrons. The third-order valence-electron chi connectivity index (χ3n) is 3.11. The fourth-order valence-electron chi connectivity index (χ4n) is 1.74. The molecule has 0 aliphatic carbocycles. The van der Waals surface area contributed by atoms with Crippen LogP contribution in [0.3, 0.4) is 0 Å². The molecule has 0 saturated heterocycles. The van der Waals surface area contributed by atoms with Crippen LogP contribution in [0.1, 0.15) is 47.7 Å². The van der Waals surface area contributed by atoms with Crippen molar-refractivity contribution in [3.05, 3.63) is 53.3 Å². The van der Waals surface area contributed by atoms with E-state index in [4.69, 9.17) is 0 Å². The number of nitrogens with one attached hydrogen (secondary N) is 1. The van der Waals surface area contributed by atoms with Gasteiger partial charge in [0.25, 0.3) is 0 Å². The number of hydrogen-bond donors (Lipinski definition) is 1. The zero-order chi connectivity index (χ0) is 12.3. The summed E-state index contributed by atoms with van der Waals surface area (Å²) in [6.45, 7) is 4.35. The quantitative estimate of drug-likeness (QED) is 0.817. The molecule has 0 fully saturated rings. The lowest BCUT2D eigenvalue weighted by atomic mass is 9.96. The highest BCUT2D eigenvalue weighted by Crippen LogP contribution is 2.19. The Balaban J connectivity index is 2.21. The molecule has 1 atom stereocenters. The molecule has 0 aliphatic rings. The Morgan fingerprint density at radius 2 is 2.00 bits per heavy atom. The summed E-state index contributed by atoms with van der Waals surface area (Å²) < 4.78 is 0. The molecular formula is C14H16N2O. The van der Waals surface area contributed by atoms with Crippen LogP contribution in [-0.4, -0.2) is 16.0 Å². The van der Waals surface area contributed by atoms with Crippen LogP contribution in [0.2, 0.25) is 0 Å². The zero-order valence-corrected chi connectivity index (χ0v) is 10.1. The standard InChI is InChI=1S/C14H16N2O/c1-3-10(2)11-4-6-12(7-5-11)14(17)13-8-15-16-9-13/h4-10H,3H2,1-2H3,(H,15,16). The number of carbonyl (C=O) groups excluding carboxylic acids is 1. The predicted molar refractivity (Wildman–Crippen MR) is 67.2 cm³/mol. The van der Waals surface area contributed by atoms with Gasteiger partial charge in [-0.2, -0.15) is 5.10 Å². The molecule has 0 saturated carbocycles. The van der Waals surface area contributed by atoms with Crippen molar-refractivity contribution in [2.45, 2.75) is 26.2 Å². The van der Waals surface area contributed by atoms with Crippen molar-refractivity contribution in [1.29, 1.82) is 0 Å². The van der Waals surface area contributed by atoms with Crippen LogP contribution in [0.15, 0.2) is 36.7 Å². The van der Waals surface area contributed by atoms with Crippen LogP contribution in [0.25, 0.3) is 0 Å². The number of hydrogen-bond acceptors (Lipinski definition) is 2. The van der Waals surface area contributed by atoms with Crippen LogP contribution >= 0.6 is 0 Å². The number of H-pyrrole nitrogens is 1. The van der Waals surface area contributed by atoms with Gasteiger partial charge in [0, 0.05) is 11.8 Å². The molecule has 3 nitrogen and oxygen atoms in total. The van der Waals surface area contributed by atoms with E-state index in [0.717, 1.165) is 6.42 Å². The highest BCUT2D eigenvalue weighted by atomic mass is 16.1. The first-order chi connectivity index (χ1) is 8.22. The average molecular weight is 228 g/mol. The van der Waals surface area contributed by atoms with Crippen LogP contribution in [-0.2, 0) is 0 Å². The Hall–Kier alpha value is -1.90. The van der Waals surface area contributed by atoms with Gasteiger partial charge in [0.05, 0.1) is 11.8 Å². The number of aromatic nitrogens is 2. The lowest BCUT2D eigenvalue weighted by Gasteiger charge is -2.08. The van der Waals surface area contributed by atoms with Gasteiger partial charge >= 0.3 is 0 Å². The first kappa shape index (κ1) is 11.6. The van der Waals surface area contributed by atoms with Crippen molar-refractivity contribution in [2.75, 3.05) is 0 Å². The molecule has 2 aromatic rings. The van der Waals surface area contributed by atoms with Gasteiger partial charge in [-0.3, -0.25) is 9.89 Å². The molecule has 17 heavy (non-hydrogen) atoms. The largest absolute Gasteiger partial charge is 0.288 e. The Labute approximate surface area is 101 Å². The summed E-state index contributed by atoms with van der Waals surface area (Å²) in [5, 5.41) is 6.43. The maximum Gasteiger partial charge on any atom is 0.196 e. The minimum atomic E-state index is 0.00875. The van der Waals surface area contributed by atoms with Crippen molar-refractivity contribution in [3.8, 4) is 0 Å². The molecule has 3 heteroatoms. The molecule has 2 rings (SSSR count). The fraction of sp³-hybridized carbons (Fsp3) is 0.286. The summed E-state index contributed by atoms with van der Waals surface area (Å²) in [5.41, 5.74) is 2.58. The van der Waals surface area contributed by atoms with Crippen molar-refractivity contribution < 1.29 is 4.79 Å². The van der Waals surface area contributed by atoms with Crippen LogP contribution < -0.4 is 0 Å². The molecule has 0 amide bonds.